The van der Waals surface area contributed by atoms with Crippen molar-refractivity contribution in [2.24, 2.45) is 11.7 Å². The van der Waals surface area contributed by atoms with Crippen molar-refractivity contribution in [1.82, 2.24) is 4.90 Å². The maximum Gasteiger partial charge on any atom is 0.00450 e. The quantitative estimate of drug-likeness (QED) is 0.815. The molecule has 0 aliphatic heterocycles. The monoisotopic (exact) mass is 232 g/mol. The first kappa shape index (κ1) is 12.6. The average Bonchev–Trinajstić information content (AvgIpc) is 2.28. The predicted molar refractivity (Wildman–Crippen MR) is 73.0 cm³/mol. The molecule has 1 aliphatic carbocycles. The van der Waals surface area contributed by atoms with Crippen LogP contribution in [0.15, 0.2) is 30.3 Å². The van der Waals surface area contributed by atoms with Crippen LogP contribution in [-0.2, 0) is 6.42 Å². The molecule has 1 aliphatic rings. The van der Waals surface area contributed by atoms with Crippen molar-refractivity contribution >= 4 is 0 Å². The van der Waals surface area contributed by atoms with Crippen LogP contribution in [-0.4, -0.2) is 31.1 Å². The van der Waals surface area contributed by atoms with E-state index >= 15 is 0 Å². The summed E-state index contributed by atoms with van der Waals surface area (Å²) in [6.07, 6.45) is 4.89. The van der Waals surface area contributed by atoms with Crippen molar-refractivity contribution in [2.45, 2.75) is 31.7 Å². The second-order valence-electron chi connectivity index (χ2n) is 5.45. The standard InChI is InChI=1S/C15H24N2/c1-17(12-14-10-15(16)11-14)9-5-8-13-6-3-2-4-7-13/h2-4,6-7,14-15H,5,8-12,16H2,1H3. The first-order chi connectivity index (χ1) is 8.24. The van der Waals surface area contributed by atoms with Gasteiger partial charge in [0.15, 0.2) is 0 Å². The summed E-state index contributed by atoms with van der Waals surface area (Å²) in [4.78, 5) is 2.46. The molecule has 17 heavy (non-hydrogen) atoms. The van der Waals surface area contributed by atoms with Crippen LogP contribution in [0.3, 0.4) is 0 Å². The molecule has 1 aromatic rings. The smallest absolute Gasteiger partial charge is 0.00450 e. The molecule has 0 amide bonds. The van der Waals surface area contributed by atoms with E-state index in [4.69, 9.17) is 5.73 Å². The summed E-state index contributed by atoms with van der Waals surface area (Å²) in [5, 5.41) is 0. The molecular weight excluding hydrogens is 208 g/mol. The number of rotatable bonds is 6. The summed E-state index contributed by atoms with van der Waals surface area (Å²) in [6.45, 7) is 2.42. The fraction of sp³-hybridized carbons (Fsp3) is 0.600. The number of nitrogens with two attached hydrogens (primary N) is 1. The van der Waals surface area contributed by atoms with E-state index < -0.39 is 0 Å². The largest absolute Gasteiger partial charge is 0.328 e. The minimum Gasteiger partial charge on any atom is -0.328 e. The van der Waals surface area contributed by atoms with E-state index in [2.05, 4.69) is 42.3 Å². The SMILES string of the molecule is CN(CCCc1ccccc1)CC1CC(N)C1. The van der Waals surface area contributed by atoms with Gasteiger partial charge in [0.25, 0.3) is 0 Å². The highest BCUT2D eigenvalue weighted by molar-refractivity contribution is 5.14. The van der Waals surface area contributed by atoms with Crippen LogP contribution in [0.4, 0.5) is 0 Å². The fourth-order valence-electron chi connectivity index (χ4n) is 2.67. The molecule has 0 saturated heterocycles. The van der Waals surface area contributed by atoms with E-state index in [1.54, 1.807) is 0 Å². The van der Waals surface area contributed by atoms with Crippen LogP contribution in [0.5, 0.6) is 0 Å². The molecule has 1 aromatic carbocycles. The number of aryl methyl sites for hydroxylation is 1. The Morgan fingerprint density at radius 1 is 1.24 bits per heavy atom. The van der Waals surface area contributed by atoms with Crippen LogP contribution in [0, 0.1) is 5.92 Å². The summed E-state index contributed by atoms with van der Waals surface area (Å²) in [7, 11) is 2.23. The van der Waals surface area contributed by atoms with Gasteiger partial charge in [-0.05, 0) is 50.8 Å². The lowest BCUT2D eigenvalue weighted by Crippen LogP contribution is -2.42. The van der Waals surface area contributed by atoms with E-state index in [0.29, 0.717) is 6.04 Å². The van der Waals surface area contributed by atoms with Crippen molar-refractivity contribution in [1.29, 1.82) is 0 Å². The summed E-state index contributed by atoms with van der Waals surface area (Å²) in [5.74, 6) is 0.853. The fourth-order valence-corrected chi connectivity index (χ4v) is 2.67. The maximum absolute atomic E-state index is 5.80. The normalized spacial score (nSPS) is 23.7. The number of hydrogen-bond acceptors (Lipinski definition) is 2. The third kappa shape index (κ3) is 4.14. The van der Waals surface area contributed by atoms with E-state index in [0.717, 1.165) is 5.92 Å². The number of nitrogens with zero attached hydrogens (tertiary/aromatic N) is 1. The lowest BCUT2D eigenvalue weighted by Gasteiger charge is -2.35. The third-order valence-corrected chi connectivity index (χ3v) is 3.69. The van der Waals surface area contributed by atoms with Crippen LogP contribution in [0.25, 0.3) is 0 Å². The minimum atomic E-state index is 0.484. The van der Waals surface area contributed by atoms with Crippen LogP contribution >= 0.6 is 0 Å². The van der Waals surface area contributed by atoms with E-state index in [-0.39, 0.29) is 0 Å². The lowest BCUT2D eigenvalue weighted by atomic mass is 9.80. The molecule has 1 fully saturated rings. The molecule has 0 radical (unpaired) electrons. The average molecular weight is 232 g/mol. The van der Waals surface area contributed by atoms with Crippen LogP contribution in [0.2, 0.25) is 0 Å². The van der Waals surface area contributed by atoms with Crippen molar-refractivity contribution in [3.63, 3.8) is 0 Å². The lowest BCUT2D eigenvalue weighted by molar-refractivity contribution is 0.181. The molecule has 0 unspecified atom stereocenters. The number of benzene rings is 1. The molecule has 2 rings (SSSR count). The molecule has 0 spiro atoms. The molecule has 2 N–H and O–H groups in total. The summed E-state index contributed by atoms with van der Waals surface area (Å²) in [6, 6.07) is 11.2. The Morgan fingerprint density at radius 3 is 2.59 bits per heavy atom. The van der Waals surface area contributed by atoms with Gasteiger partial charge in [0.2, 0.25) is 0 Å². The zero-order valence-corrected chi connectivity index (χ0v) is 10.8. The Balaban J connectivity index is 1.58. The van der Waals surface area contributed by atoms with Gasteiger partial charge in [0.1, 0.15) is 0 Å². The molecule has 1 saturated carbocycles. The van der Waals surface area contributed by atoms with E-state index in [1.165, 1.54) is 44.3 Å². The molecule has 94 valence electrons. The van der Waals surface area contributed by atoms with Crippen molar-refractivity contribution in [2.75, 3.05) is 20.1 Å². The molecule has 2 heteroatoms. The van der Waals surface area contributed by atoms with Crippen molar-refractivity contribution < 1.29 is 0 Å². The van der Waals surface area contributed by atoms with Crippen LogP contribution < -0.4 is 5.73 Å². The first-order valence-electron chi connectivity index (χ1n) is 6.72. The van der Waals surface area contributed by atoms with Gasteiger partial charge in [-0.1, -0.05) is 30.3 Å². The van der Waals surface area contributed by atoms with Gasteiger partial charge >= 0.3 is 0 Å². The second-order valence-corrected chi connectivity index (χ2v) is 5.45. The Labute approximate surface area is 105 Å². The molecule has 0 atom stereocenters. The van der Waals surface area contributed by atoms with Gasteiger partial charge < -0.3 is 10.6 Å². The molecule has 2 nitrogen and oxygen atoms in total. The molecule has 0 bridgehead atoms. The van der Waals surface area contributed by atoms with Crippen LogP contribution in [0.1, 0.15) is 24.8 Å². The highest BCUT2D eigenvalue weighted by Gasteiger charge is 2.26. The zero-order valence-electron chi connectivity index (χ0n) is 10.8. The third-order valence-electron chi connectivity index (χ3n) is 3.69. The van der Waals surface area contributed by atoms with Gasteiger partial charge in [-0.25, -0.2) is 0 Å². The Bertz CT molecular complexity index is 317. The van der Waals surface area contributed by atoms with Crippen molar-refractivity contribution in [3.05, 3.63) is 35.9 Å². The van der Waals surface area contributed by atoms with Crippen molar-refractivity contribution in [3.8, 4) is 0 Å². The zero-order chi connectivity index (χ0) is 12.1. The minimum absolute atomic E-state index is 0.484. The van der Waals surface area contributed by atoms with Gasteiger partial charge in [-0.2, -0.15) is 0 Å². The Morgan fingerprint density at radius 2 is 1.94 bits per heavy atom. The van der Waals surface area contributed by atoms with E-state index in [1.807, 2.05) is 0 Å². The summed E-state index contributed by atoms with van der Waals surface area (Å²) in [5.41, 5.74) is 7.25. The topological polar surface area (TPSA) is 29.3 Å². The van der Waals surface area contributed by atoms with Gasteiger partial charge in [0, 0.05) is 12.6 Å². The molecule has 0 heterocycles. The highest BCUT2D eigenvalue weighted by Crippen LogP contribution is 2.25. The van der Waals surface area contributed by atoms with Gasteiger partial charge in [-0.15, -0.1) is 0 Å². The maximum atomic E-state index is 5.80. The Hall–Kier alpha value is -0.860. The number of hydrogen-bond donors (Lipinski definition) is 1. The predicted octanol–water partition coefficient (Wildman–Crippen LogP) is 2.29. The van der Waals surface area contributed by atoms with Gasteiger partial charge in [0.05, 0.1) is 0 Å². The highest BCUT2D eigenvalue weighted by atomic mass is 15.1. The van der Waals surface area contributed by atoms with Gasteiger partial charge in [-0.3, -0.25) is 0 Å². The summed E-state index contributed by atoms with van der Waals surface area (Å²) >= 11 is 0. The second kappa shape index (κ2) is 6.18. The summed E-state index contributed by atoms with van der Waals surface area (Å²) < 4.78 is 0. The first-order valence-corrected chi connectivity index (χ1v) is 6.72. The molecule has 0 aromatic heterocycles. The molecular formula is C15H24N2. The van der Waals surface area contributed by atoms with E-state index in [9.17, 15) is 0 Å². The Kier molecular flexibility index (Phi) is 4.57.